The van der Waals surface area contributed by atoms with Gasteiger partial charge in [-0.3, -0.25) is 0 Å². The van der Waals surface area contributed by atoms with Crippen molar-refractivity contribution in [1.82, 2.24) is 0 Å². The van der Waals surface area contributed by atoms with Gasteiger partial charge in [-0.2, -0.15) is 0 Å². The molecule has 0 saturated heterocycles. The van der Waals surface area contributed by atoms with Gasteiger partial charge in [0.2, 0.25) is 0 Å². The van der Waals surface area contributed by atoms with Gasteiger partial charge in [-0.25, -0.2) is 4.39 Å². The topological polar surface area (TPSA) is 49.7 Å². The van der Waals surface area contributed by atoms with Crippen molar-refractivity contribution in [2.24, 2.45) is 0 Å². The van der Waals surface area contributed by atoms with Crippen molar-refractivity contribution in [2.75, 3.05) is 6.61 Å². The summed E-state index contributed by atoms with van der Waals surface area (Å²) in [6.07, 6.45) is 1.51. The van der Waals surface area contributed by atoms with Crippen LogP contribution in [0.5, 0.6) is 5.75 Å². The fourth-order valence-corrected chi connectivity index (χ4v) is 1.00. The Morgan fingerprint density at radius 3 is 2.79 bits per heavy atom. The van der Waals surface area contributed by atoms with Crippen LogP contribution in [0.3, 0.4) is 0 Å². The largest absolute Gasteiger partial charge is 0.492 e. The molecule has 0 atom stereocenters. The summed E-state index contributed by atoms with van der Waals surface area (Å²) in [5, 5.41) is 17.8. The fraction of sp³-hybridized carbons (Fsp3) is 0.111. The molecule has 1 aromatic carbocycles. The molecule has 0 bridgehead atoms. The molecule has 0 aromatic heterocycles. The average molecular weight is 196 g/mol. The highest BCUT2D eigenvalue weighted by molar-refractivity contribution is 6.59. The third-order valence-corrected chi connectivity index (χ3v) is 1.61. The zero-order valence-electron chi connectivity index (χ0n) is 7.48. The zero-order chi connectivity index (χ0) is 10.6. The summed E-state index contributed by atoms with van der Waals surface area (Å²) < 4.78 is 17.8. The molecule has 3 nitrogen and oxygen atoms in total. The Kier molecular flexibility index (Phi) is 3.68. The normalized spacial score (nSPS) is 9.64. The maximum Gasteiger partial charge on any atom is 0.492 e. The van der Waals surface area contributed by atoms with Gasteiger partial charge >= 0.3 is 7.12 Å². The first-order valence-corrected chi connectivity index (χ1v) is 4.04. The van der Waals surface area contributed by atoms with E-state index in [-0.39, 0.29) is 17.8 Å². The minimum atomic E-state index is -1.74. The first-order chi connectivity index (χ1) is 6.65. The monoisotopic (exact) mass is 196 g/mol. The Labute approximate surface area is 81.6 Å². The molecule has 74 valence electrons. The molecule has 5 heteroatoms. The SMILES string of the molecule is C=CCOc1ccc(F)cc1B(O)O. The lowest BCUT2D eigenvalue weighted by molar-refractivity contribution is 0.361. The van der Waals surface area contributed by atoms with E-state index in [2.05, 4.69) is 6.58 Å². The maximum absolute atomic E-state index is 12.7. The number of benzene rings is 1. The molecule has 0 aliphatic heterocycles. The standard InChI is InChI=1S/C9H10BFO3/c1-2-5-14-9-4-3-7(11)6-8(9)10(12)13/h2-4,6,12-13H,1,5H2. The average Bonchev–Trinajstić information content (AvgIpc) is 2.15. The lowest BCUT2D eigenvalue weighted by Gasteiger charge is -2.09. The Morgan fingerprint density at radius 1 is 1.50 bits per heavy atom. The van der Waals surface area contributed by atoms with Crippen LogP contribution in [0.1, 0.15) is 0 Å². The molecule has 0 spiro atoms. The molecule has 0 unspecified atom stereocenters. The fourth-order valence-electron chi connectivity index (χ4n) is 1.00. The lowest BCUT2D eigenvalue weighted by Crippen LogP contribution is -2.31. The van der Waals surface area contributed by atoms with Crippen molar-refractivity contribution in [3.8, 4) is 5.75 Å². The molecule has 0 saturated carbocycles. The van der Waals surface area contributed by atoms with Gasteiger partial charge in [-0.15, -0.1) is 0 Å². The third-order valence-electron chi connectivity index (χ3n) is 1.61. The van der Waals surface area contributed by atoms with Gasteiger partial charge in [0.1, 0.15) is 18.2 Å². The highest BCUT2D eigenvalue weighted by Gasteiger charge is 2.17. The summed E-state index contributed by atoms with van der Waals surface area (Å²) >= 11 is 0. The van der Waals surface area contributed by atoms with E-state index in [0.717, 1.165) is 6.07 Å². The number of ether oxygens (including phenoxy) is 1. The lowest BCUT2D eigenvalue weighted by atomic mass is 9.79. The van der Waals surface area contributed by atoms with Gasteiger partial charge in [-0.1, -0.05) is 12.7 Å². The molecule has 0 fully saturated rings. The Balaban J connectivity index is 2.95. The van der Waals surface area contributed by atoms with Gasteiger partial charge in [0.25, 0.3) is 0 Å². The summed E-state index contributed by atoms with van der Waals surface area (Å²) in [5.74, 6) is -0.305. The molecule has 2 N–H and O–H groups in total. The van der Waals surface area contributed by atoms with E-state index in [1.54, 1.807) is 0 Å². The van der Waals surface area contributed by atoms with E-state index in [9.17, 15) is 4.39 Å². The Morgan fingerprint density at radius 2 is 2.21 bits per heavy atom. The second-order valence-electron chi connectivity index (χ2n) is 2.66. The van der Waals surface area contributed by atoms with Crippen molar-refractivity contribution in [1.29, 1.82) is 0 Å². The first-order valence-electron chi connectivity index (χ1n) is 4.04. The minimum Gasteiger partial charge on any atom is -0.490 e. The van der Waals surface area contributed by atoms with Crippen LogP contribution in [-0.2, 0) is 0 Å². The zero-order valence-corrected chi connectivity index (χ0v) is 7.48. The highest BCUT2D eigenvalue weighted by Crippen LogP contribution is 2.09. The summed E-state index contributed by atoms with van der Waals surface area (Å²) in [7, 11) is -1.74. The molecular weight excluding hydrogens is 186 g/mol. The van der Waals surface area contributed by atoms with Gasteiger partial charge in [-0.05, 0) is 18.2 Å². The summed E-state index contributed by atoms with van der Waals surface area (Å²) in [6, 6.07) is 3.54. The molecule has 1 aromatic rings. The molecule has 0 aliphatic rings. The van der Waals surface area contributed by atoms with E-state index >= 15 is 0 Å². The van der Waals surface area contributed by atoms with Crippen LogP contribution < -0.4 is 10.2 Å². The van der Waals surface area contributed by atoms with E-state index in [4.69, 9.17) is 14.8 Å². The second kappa shape index (κ2) is 4.78. The van der Waals surface area contributed by atoms with E-state index in [1.165, 1.54) is 18.2 Å². The van der Waals surface area contributed by atoms with Crippen molar-refractivity contribution < 1.29 is 19.2 Å². The molecule has 0 radical (unpaired) electrons. The van der Waals surface area contributed by atoms with Gasteiger partial charge in [0.05, 0.1) is 0 Å². The molecule has 1 rings (SSSR count). The van der Waals surface area contributed by atoms with Crippen molar-refractivity contribution in [3.63, 3.8) is 0 Å². The van der Waals surface area contributed by atoms with Crippen LogP contribution in [0, 0.1) is 5.82 Å². The molecule has 0 heterocycles. The van der Waals surface area contributed by atoms with Gasteiger partial charge in [0, 0.05) is 5.46 Å². The predicted octanol–water partition coefficient (Wildman–Crippen LogP) is 0.0703. The summed E-state index contributed by atoms with van der Waals surface area (Å²) in [5.41, 5.74) is 0.00634. The van der Waals surface area contributed by atoms with E-state index < -0.39 is 12.9 Å². The molecule has 0 aliphatic carbocycles. The van der Waals surface area contributed by atoms with E-state index in [0.29, 0.717) is 0 Å². The van der Waals surface area contributed by atoms with Crippen molar-refractivity contribution >= 4 is 12.6 Å². The minimum absolute atomic E-state index is 0.00634. The van der Waals surface area contributed by atoms with Crippen molar-refractivity contribution in [2.45, 2.75) is 0 Å². The summed E-state index contributed by atoms with van der Waals surface area (Å²) in [6.45, 7) is 3.67. The maximum atomic E-state index is 12.7. The van der Waals surface area contributed by atoms with Crippen molar-refractivity contribution in [3.05, 3.63) is 36.7 Å². The smallest absolute Gasteiger partial charge is 0.490 e. The second-order valence-corrected chi connectivity index (χ2v) is 2.66. The predicted molar refractivity (Wildman–Crippen MR) is 51.9 cm³/mol. The molecular formula is C9H10BFO3. The highest BCUT2D eigenvalue weighted by atomic mass is 19.1. The van der Waals surface area contributed by atoms with Gasteiger partial charge in [0.15, 0.2) is 0 Å². The number of hydrogen-bond donors (Lipinski definition) is 2. The van der Waals surface area contributed by atoms with Crippen LogP contribution in [0.25, 0.3) is 0 Å². The Bertz CT molecular complexity index is 328. The number of halogens is 1. The number of hydrogen-bond acceptors (Lipinski definition) is 3. The van der Waals surface area contributed by atoms with Crippen LogP contribution in [-0.4, -0.2) is 23.8 Å². The Hall–Kier alpha value is -1.33. The van der Waals surface area contributed by atoms with Gasteiger partial charge < -0.3 is 14.8 Å². The summed E-state index contributed by atoms with van der Waals surface area (Å²) in [4.78, 5) is 0. The van der Waals surface area contributed by atoms with Crippen LogP contribution in [0.15, 0.2) is 30.9 Å². The quantitative estimate of drug-likeness (QED) is 0.529. The van der Waals surface area contributed by atoms with Crippen LogP contribution in [0.2, 0.25) is 0 Å². The molecule has 0 amide bonds. The van der Waals surface area contributed by atoms with Crippen LogP contribution in [0.4, 0.5) is 4.39 Å². The number of rotatable bonds is 4. The first kappa shape index (κ1) is 10.8. The third kappa shape index (κ3) is 2.58. The van der Waals surface area contributed by atoms with E-state index in [1.807, 2.05) is 0 Å². The molecule has 14 heavy (non-hydrogen) atoms. The van der Waals surface area contributed by atoms with Crippen LogP contribution >= 0.6 is 0 Å².